The van der Waals surface area contributed by atoms with Crippen LogP contribution in [0.15, 0.2) is 11.6 Å². The molecule has 2 N–H and O–H groups in total. The molecule has 3 fully saturated rings. The molecule has 0 spiro atoms. The topological polar surface area (TPSA) is 57.5 Å². The molecular weight excluding hydrogens is 357 g/mol. The molecule has 3 nitrogen and oxygen atoms in total. The van der Waals surface area contributed by atoms with Crippen molar-refractivity contribution in [1.29, 1.82) is 0 Å². The Balaban J connectivity index is 1.79. The molecule has 0 aromatic carbocycles. The Morgan fingerprint density at radius 3 is 2.52 bits per heavy atom. The smallest absolute Gasteiger partial charge is 0.393 e. The molecule has 6 heteroatoms. The molecule has 0 saturated heterocycles. The summed E-state index contributed by atoms with van der Waals surface area (Å²) < 4.78 is 41.5. The van der Waals surface area contributed by atoms with Gasteiger partial charge in [-0.05, 0) is 67.3 Å². The summed E-state index contributed by atoms with van der Waals surface area (Å²) in [7, 11) is 0. The second-order valence-electron chi connectivity index (χ2n) is 10.0. The van der Waals surface area contributed by atoms with Crippen LogP contribution in [0, 0.1) is 34.5 Å². The van der Waals surface area contributed by atoms with Crippen LogP contribution in [0.25, 0.3) is 0 Å². The lowest BCUT2D eigenvalue weighted by Crippen LogP contribution is -2.64. The molecule has 0 radical (unpaired) electrons. The van der Waals surface area contributed by atoms with Gasteiger partial charge in [0.1, 0.15) is 0 Å². The van der Waals surface area contributed by atoms with Gasteiger partial charge in [-0.25, -0.2) is 0 Å². The number of aliphatic hydroxyl groups excluding tert-OH is 1. The molecule has 0 heterocycles. The van der Waals surface area contributed by atoms with E-state index in [-0.39, 0.29) is 47.7 Å². The Kier molecular flexibility index (Phi) is 4.03. The van der Waals surface area contributed by atoms with Gasteiger partial charge < -0.3 is 10.2 Å². The number of ketones is 1. The Morgan fingerprint density at radius 2 is 1.89 bits per heavy atom. The normalized spacial score (nSPS) is 52.7. The van der Waals surface area contributed by atoms with Crippen molar-refractivity contribution in [2.24, 2.45) is 34.5 Å². The number of aliphatic hydroxyl groups is 2. The van der Waals surface area contributed by atoms with Crippen molar-refractivity contribution < 1.29 is 28.2 Å². The Morgan fingerprint density at radius 1 is 1.22 bits per heavy atom. The number of allylic oxidation sites excluding steroid dienone is 1. The Bertz CT molecular complexity index is 701. The summed E-state index contributed by atoms with van der Waals surface area (Å²) in [4.78, 5) is 11.9. The van der Waals surface area contributed by atoms with Crippen LogP contribution in [-0.2, 0) is 4.79 Å². The van der Waals surface area contributed by atoms with Crippen molar-refractivity contribution in [1.82, 2.24) is 0 Å². The lowest BCUT2D eigenvalue weighted by Gasteiger charge is -2.62. The molecule has 0 aliphatic heterocycles. The van der Waals surface area contributed by atoms with Gasteiger partial charge in [0.25, 0.3) is 0 Å². The number of hydrogen-bond donors (Lipinski definition) is 2. The summed E-state index contributed by atoms with van der Waals surface area (Å²) in [6.45, 7) is 5.63. The maximum absolute atomic E-state index is 13.8. The molecule has 0 amide bonds. The van der Waals surface area contributed by atoms with Crippen LogP contribution in [-0.4, -0.2) is 33.9 Å². The van der Waals surface area contributed by atoms with E-state index in [0.29, 0.717) is 25.7 Å². The minimum atomic E-state index is -4.70. The van der Waals surface area contributed by atoms with Crippen molar-refractivity contribution in [2.75, 3.05) is 0 Å². The summed E-state index contributed by atoms with van der Waals surface area (Å²) in [6.07, 6.45) is -2.13. The molecule has 0 aromatic rings. The van der Waals surface area contributed by atoms with E-state index < -0.39 is 23.3 Å². The maximum Gasteiger partial charge on any atom is 0.417 e. The molecule has 152 valence electrons. The van der Waals surface area contributed by atoms with E-state index in [0.717, 1.165) is 5.57 Å². The lowest BCUT2D eigenvalue weighted by molar-refractivity contribution is -0.310. The maximum atomic E-state index is 13.8. The second-order valence-corrected chi connectivity index (χ2v) is 10.0. The highest BCUT2D eigenvalue weighted by Gasteiger charge is 2.74. The fourth-order valence-corrected chi connectivity index (χ4v) is 7.48. The van der Waals surface area contributed by atoms with E-state index in [1.54, 1.807) is 6.08 Å². The third-order valence-corrected chi connectivity index (χ3v) is 8.87. The van der Waals surface area contributed by atoms with Crippen LogP contribution >= 0.6 is 0 Å². The summed E-state index contributed by atoms with van der Waals surface area (Å²) >= 11 is 0. The van der Waals surface area contributed by atoms with Crippen molar-refractivity contribution >= 4 is 5.78 Å². The summed E-state index contributed by atoms with van der Waals surface area (Å²) in [5, 5.41) is 21.8. The second kappa shape index (κ2) is 5.59. The van der Waals surface area contributed by atoms with E-state index in [9.17, 15) is 28.2 Å². The van der Waals surface area contributed by atoms with Crippen LogP contribution in [0.4, 0.5) is 13.2 Å². The first-order valence-corrected chi connectivity index (χ1v) is 10.1. The zero-order valence-electron chi connectivity index (χ0n) is 16.1. The number of carbonyl (C=O) groups excluding carboxylic acids is 1. The SMILES string of the molecule is CC1CC2=CC(=O)CC[C@]2(C)C2C(O)C[C@@]3(C)C(CC[C@@]3(O)C(F)(F)F)C12. The minimum Gasteiger partial charge on any atom is -0.393 e. The number of carbonyl (C=O) groups is 1. The summed E-state index contributed by atoms with van der Waals surface area (Å²) in [5.74, 6) is -0.325. The van der Waals surface area contributed by atoms with Gasteiger partial charge in [0.2, 0.25) is 0 Å². The highest BCUT2D eigenvalue weighted by atomic mass is 19.4. The highest BCUT2D eigenvalue weighted by molar-refractivity contribution is 5.91. The van der Waals surface area contributed by atoms with Crippen LogP contribution in [0.3, 0.4) is 0 Å². The van der Waals surface area contributed by atoms with Crippen LogP contribution in [0.5, 0.6) is 0 Å². The molecule has 4 aliphatic rings. The molecule has 4 rings (SSSR count). The van der Waals surface area contributed by atoms with E-state index in [1.807, 2.05) is 6.92 Å². The molecule has 4 aliphatic carbocycles. The monoisotopic (exact) mass is 386 g/mol. The highest BCUT2D eigenvalue weighted by Crippen LogP contribution is 2.70. The predicted octanol–water partition coefficient (Wildman–Crippen LogP) is 4.03. The predicted molar refractivity (Wildman–Crippen MR) is 93.7 cm³/mol. The molecule has 5 unspecified atom stereocenters. The average Bonchev–Trinajstić information content (AvgIpc) is 2.81. The Labute approximate surface area is 158 Å². The van der Waals surface area contributed by atoms with Crippen molar-refractivity contribution in [2.45, 2.75) is 77.2 Å². The molecule has 3 saturated carbocycles. The van der Waals surface area contributed by atoms with Crippen LogP contribution in [0.2, 0.25) is 0 Å². The number of alkyl halides is 3. The first-order chi connectivity index (χ1) is 12.3. The molecule has 27 heavy (non-hydrogen) atoms. The largest absolute Gasteiger partial charge is 0.417 e. The average molecular weight is 386 g/mol. The van der Waals surface area contributed by atoms with Gasteiger partial charge in [0, 0.05) is 11.8 Å². The first-order valence-electron chi connectivity index (χ1n) is 10.1. The standard InChI is InChI=1S/C21H29F3O3/c1-11-8-12-9-13(25)4-6-18(12,2)17-15(26)10-19(3)14(16(11)17)5-7-20(19,27)21(22,23)24/h9,11,14-17,26-27H,4-8,10H2,1-3H3/t11?,14?,15?,16?,17?,18-,19-,20-/m0/s1. The van der Waals surface area contributed by atoms with E-state index in [4.69, 9.17) is 0 Å². The third-order valence-electron chi connectivity index (χ3n) is 8.87. The number of hydrogen-bond acceptors (Lipinski definition) is 3. The molecule has 8 atom stereocenters. The van der Waals surface area contributed by atoms with E-state index in [1.165, 1.54) is 6.92 Å². The zero-order valence-corrected chi connectivity index (χ0v) is 16.1. The van der Waals surface area contributed by atoms with Gasteiger partial charge in [-0.1, -0.05) is 26.3 Å². The fourth-order valence-electron chi connectivity index (χ4n) is 7.48. The number of rotatable bonds is 0. The zero-order chi connectivity index (χ0) is 20.0. The van der Waals surface area contributed by atoms with E-state index in [2.05, 4.69) is 6.92 Å². The number of fused-ring (bicyclic) bond motifs is 5. The molecule has 0 aromatic heterocycles. The van der Waals surface area contributed by atoms with Crippen molar-refractivity contribution in [3.63, 3.8) is 0 Å². The van der Waals surface area contributed by atoms with E-state index >= 15 is 0 Å². The fraction of sp³-hybridized carbons (Fsp3) is 0.857. The van der Waals surface area contributed by atoms with Gasteiger partial charge in [-0.15, -0.1) is 0 Å². The summed E-state index contributed by atoms with van der Waals surface area (Å²) in [5.41, 5.74) is -3.40. The van der Waals surface area contributed by atoms with Gasteiger partial charge >= 0.3 is 6.18 Å². The Hall–Kier alpha value is -0.880. The number of halogens is 3. The third kappa shape index (κ3) is 2.32. The lowest BCUT2D eigenvalue weighted by atomic mass is 9.43. The van der Waals surface area contributed by atoms with Crippen LogP contribution < -0.4 is 0 Å². The van der Waals surface area contributed by atoms with Gasteiger partial charge in [0.05, 0.1) is 6.10 Å². The van der Waals surface area contributed by atoms with Crippen LogP contribution in [0.1, 0.15) is 59.3 Å². The van der Waals surface area contributed by atoms with Crippen molar-refractivity contribution in [3.8, 4) is 0 Å². The van der Waals surface area contributed by atoms with Gasteiger partial charge in [0.15, 0.2) is 11.4 Å². The molecular formula is C21H29F3O3. The molecule has 0 bridgehead atoms. The summed E-state index contributed by atoms with van der Waals surface area (Å²) in [6, 6.07) is 0. The quantitative estimate of drug-likeness (QED) is 0.661. The first kappa shape index (κ1) is 19.4. The van der Waals surface area contributed by atoms with Crippen molar-refractivity contribution in [3.05, 3.63) is 11.6 Å². The van der Waals surface area contributed by atoms with Gasteiger partial charge in [-0.3, -0.25) is 4.79 Å². The van der Waals surface area contributed by atoms with Gasteiger partial charge in [-0.2, -0.15) is 13.2 Å². The minimum absolute atomic E-state index is 0.0433.